The summed E-state index contributed by atoms with van der Waals surface area (Å²) in [5, 5.41) is 4.48. The van der Waals surface area contributed by atoms with Crippen molar-refractivity contribution in [3.63, 3.8) is 0 Å². The van der Waals surface area contributed by atoms with Gasteiger partial charge in [0.25, 0.3) is 5.91 Å². The highest BCUT2D eigenvalue weighted by Crippen LogP contribution is 2.27. The van der Waals surface area contributed by atoms with Crippen molar-refractivity contribution in [2.75, 3.05) is 5.32 Å². The number of aryl methyl sites for hydroxylation is 3. The minimum atomic E-state index is -0.483. The van der Waals surface area contributed by atoms with Crippen LogP contribution in [0.15, 0.2) is 46.3 Å². The first kappa shape index (κ1) is 19.6. The Hall–Kier alpha value is -2.18. The van der Waals surface area contributed by atoms with Gasteiger partial charge in [-0.2, -0.15) is 0 Å². The van der Waals surface area contributed by atoms with E-state index in [-0.39, 0.29) is 11.6 Å². The molecule has 1 aromatic heterocycles. The summed E-state index contributed by atoms with van der Waals surface area (Å²) in [6.45, 7) is 6.48. The van der Waals surface area contributed by atoms with Gasteiger partial charge in [0, 0.05) is 10.0 Å². The Morgan fingerprint density at radius 1 is 1.15 bits per heavy atom. The van der Waals surface area contributed by atoms with Crippen LogP contribution < -0.4 is 10.1 Å². The van der Waals surface area contributed by atoms with E-state index >= 15 is 0 Å². The fourth-order valence-corrected chi connectivity index (χ4v) is 4.02. The van der Waals surface area contributed by atoms with Crippen molar-refractivity contribution in [1.29, 1.82) is 0 Å². The summed E-state index contributed by atoms with van der Waals surface area (Å²) in [6, 6.07) is 10.5. The summed E-state index contributed by atoms with van der Waals surface area (Å²) in [5.41, 5.74) is 4.44. The smallest absolute Gasteiger partial charge is 0.265 e. The number of thiophene rings is 1. The van der Waals surface area contributed by atoms with Gasteiger partial charge in [0.1, 0.15) is 18.2 Å². The number of hydrogen-bond donors (Lipinski definition) is 1. The molecule has 140 valence electrons. The van der Waals surface area contributed by atoms with E-state index in [4.69, 9.17) is 4.74 Å². The van der Waals surface area contributed by atoms with Crippen molar-refractivity contribution in [2.24, 2.45) is 0 Å². The van der Waals surface area contributed by atoms with Crippen molar-refractivity contribution in [2.45, 2.75) is 27.4 Å². The lowest BCUT2D eigenvalue weighted by molar-refractivity contribution is 0.103. The van der Waals surface area contributed by atoms with Gasteiger partial charge in [-0.05, 0) is 61.5 Å². The first-order valence-electron chi connectivity index (χ1n) is 8.38. The lowest BCUT2D eigenvalue weighted by Crippen LogP contribution is -2.11. The van der Waals surface area contributed by atoms with Crippen LogP contribution in [0.2, 0.25) is 0 Å². The Bertz CT molecular complexity index is 977. The zero-order chi connectivity index (χ0) is 19.6. The molecule has 0 fully saturated rings. The normalized spacial score (nSPS) is 10.7. The molecule has 6 heteroatoms. The first-order chi connectivity index (χ1) is 12.8. The van der Waals surface area contributed by atoms with Crippen LogP contribution in [0.5, 0.6) is 5.75 Å². The maximum Gasteiger partial charge on any atom is 0.265 e. The summed E-state index contributed by atoms with van der Waals surface area (Å²) in [5.74, 6) is 0.0491. The van der Waals surface area contributed by atoms with Crippen LogP contribution in [0.4, 0.5) is 10.1 Å². The average Bonchev–Trinajstić information content (AvgIpc) is 3.05. The highest BCUT2D eigenvalue weighted by molar-refractivity contribution is 9.10. The Morgan fingerprint density at radius 3 is 2.52 bits per heavy atom. The van der Waals surface area contributed by atoms with Gasteiger partial charge in [-0.15, -0.1) is 11.3 Å². The van der Waals surface area contributed by atoms with Crippen LogP contribution in [0.25, 0.3) is 0 Å². The second-order valence-corrected chi connectivity index (χ2v) is 8.24. The minimum Gasteiger partial charge on any atom is -0.488 e. The number of benzene rings is 2. The molecule has 0 atom stereocenters. The van der Waals surface area contributed by atoms with Crippen LogP contribution in [0.1, 0.15) is 31.9 Å². The summed E-state index contributed by atoms with van der Waals surface area (Å²) in [6.07, 6.45) is 0. The molecule has 2 aromatic carbocycles. The molecule has 0 aliphatic carbocycles. The number of hydrogen-bond acceptors (Lipinski definition) is 3. The zero-order valence-corrected chi connectivity index (χ0v) is 17.6. The highest BCUT2D eigenvalue weighted by atomic mass is 79.9. The molecule has 1 N–H and O–H groups in total. The molecule has 3 rings (SSSR count). The van der Waals surface area contributed by atoms with E-state index in [2.05, 4.69) is 40.3 Å². The third kappa shape index (κ3) is 4.76. The Kier molecular flexibility index (Phi) is 5.97. The van der Waals surface area contributed by atoms with Crippen LogP contribution in [0.3, 0.4) is 0 Å². The van der Waals surface area contributed by atoms with Gasteiger partial charge in [-0.1, -0.05) is 33.6 Å². The molecule has 3 nitrogen and oxygen atoms in total. The topological polar surface area (TPSA) is 38.3 Å². The summed E-state index contributed by atoms with van der Waals surface area (Å²) in [4.78, 5) is 12.9. The number of anilines is 1. The monoisotopic (exact) mass is 447 g/mol. The number of nitrogens with one attached hydrogen (secondary N) is 1. The van der Waals surface area contributed by atoms with E-state index in [0.29, 0.717) is 16.0 Å². The van der Waals surface area contributed by atoms with Gasteiger partial charge in [0.15, 0.2) is 0 Å². The van der Waals surface area contributed by atoms with Gasteiger partial charge >= 0.3 is 0 Å². The van der Waals surface area contributed by atoms with E-state index in [1.165, 1.54) is 29.0 Å². The number of carbonyl (C=O) groups is 1. The molecule has 0 aliphatic heterocycles. The van der Waals surface area contributed by atoms with E-state index in [1.54, 1.807) is 12.1 Å². The molecule has 0 radical (unpaired) electrons. The predicted molar refractivity (Wildman–Crippen MR) is 111 cm³/mol. The molecule has 1 heterocycles. The van der Waals surface area contributed by atoms with Crippen LogP contribution in [0, 0.1) is 26.6 Å². The number of ether oxygens (including phenoxy) is 1. The third-order valence-corrected chi connectivity index (χ3v) is 5.52. The number of halogens is 2. The summed E-state index contributed by atoms with van der Waals surface area (Å²) in [7, 11) is 0. The number of amides is 1. The molecule has 3 aromatic rings. The van der Waals surface area contributed by atoms with E-state index < -0.39 is 5.82 Å². The molecule has 0 aliphatic rings. The number of rotatable bonds is 5. The predicted octanol–water partition coefficient (Wildman–Crippen LogP) is 6.41. The highest BCUT2D eigenvalue weighted by Gasteiger charge is 2.13. The molecule has 1 amide bonds. The van der Waals surface area contributed by atoms with Crippen molar-refractivity contribution in [3.8, 4) is 5.75 Å². The number of carbonyl (C=O) groups excluding carboxylic acids is 1. The quantitative estimate of drug-likeness (QED) is 0.490. The Balaban J connectivity index is 1.67. The van der Waals surface area contributed by atoms with E-state index in [1.807, 2.05) is 19.2 Å². The van der Waals surface area contributed by atoms with Gasteiger partial charge < -0.3 is 10.1 Å². The minimum absolute atomic E-state index is 0.153. The molecular weight excluding hydrogens is 429 g/mol. The van der Waals surface area contributed by atoms with Gasteiger partial charge in [-0.3, -0.25) is 4.79 Å². The van der Waals surface area contributed by atoms with Gasteiger partial charge in [0.2, 0.25) is 0 Å². The maximum absolute atomic E-state index is 13.9. The van der Waals surface area contributed by atoms with E-state index in [9.17, 15) is 9.18 Å². The van der Waals surface area contributed by atoms with Crippen LogP contribution in [-0.2, 0) is 6.61 Å². The summed E-state index contributed by atoms with van der Waals surface area (Å²) < 4.78 is 20.5. The average molecular weight is 448 g/mol. The zero-order valence-electron chi connectivity index (χ0n) is 15.2. The molecule has 0 saturated carbocycles. The first-order valence-corrected chi connectivity index (χ1v) is 10.0. The molecule has 0 spiro atoms. The largest absolute Gasteiger partial charge is 0.488 e. The standard InChI is InChI=1S/C21H19BrFNO2S/c1-12-6-13(2)20(14(3)7-12)26-10-15-8-19(27-11-15)21(25)24-18-5-4-16(22)9-17(18)23/h4-9,11H,10H2,1-3H3,(H,24,25). The van der Waals surface area contributed by atoms with Crippen molar-refractivity contribution >= 4 is 38.9 Å². The van der Waals surface area contributed by atoms with E-state index in [0.717, 1.165) is 22.4 Å². The molecule has 0 saturated heterocycles. The second kappa shape index (κ2) is 8.23. The second-order valence-electron chi connectivity index (χ2n) is 6.41. The van der Waals surface area contributed by atoms with Gasteiger partial charge in [0.05, 0.1) is 10.6 Å². The van der Waals surface area contributed by atoms with Crippen molar-refractivity contribution in [3.05, 3.63) is 79.2 Å². The molecule has 0 bridgehead atoms. The molecule has 27 heavy (non-hydrogen) atoms. The fraction of sp³-hybridized carbons (Fsp3) is 0.190. The Morgan fingerprint density at radius 2 is 1.85 bits per heavy atom. The summed E-state index contributed by atoms with van der Waals surface area (Å²) >= 11 is 4.50. The Labute approximate surface area is 170 Å². The van der Waals surface area contributed by atoms with Crippen LogP contribution >= 0.6 is 27.3 Å². The van der Waals surface area contributed by atoms with Crippen molar-refractivity contribution < 1.29 is 13.9 Å². The lowest BCUT2D eigenvalue weighted by Gasteiger charge is -2.12. The van der Waals surface area contributed by atoms with Crippen molar-refractivity contribution in [1.82, 2.24) is 0 Å². The maximum atomic E-state index is 13.9. The lowest BCUT2D eigenvalue weighted by atomic mass is 10.1. The molecular formula is C21H19BrFNO2S. The van der Waals surface area contributed by atoms with Crippen LogP contribution in [-0.4, -0.2) is 5.91 Å². The fourth-order valence-electron chi connectivity index (χ4n) is 2.90. The third-order valence-electron chi connectivity index (χ3n) is 4.04. The van der Waals surface area contributed by atoms with Gasteiger partial charge in [-0.25, -0.2) is 4.39 Å². The SMILES string of the molecule is Cc1cc(C)c(OCc2csc(C(=O)Nc3ccc(Br)cc3F)c2)c(C)c1. The molecule has 0 unspecified atom stereocenters.